The minimum Gasteiger partial charge on any atom is -0.394 e. The van der Waals surface area contributed by atoms with Crippen LogP contribution >= 0.6 is 0 Å². The standard InChI is InChI=1S/C28H39FN4O3/c1-18-6-4-7-21(19(18)2)23-12-15-33(17-28(23,3)29)25(35)16-31-24-9-5-8-22(24)26(30)27(36)32-13-10-20(34)11-14-32/h4,6-7,20,23,34H,5,8-17,30H2,1-3H3/b26-22-,31-24?. The van der Waals surface area contributed by atoms with E-state index in [-0.39, 0.29) is 42.6 Å². The highest BCUT2D eigenvalue weighted by Crippen LogP contribution is 2.40. The zero-order valence-electron chi connectivity index (χ0n) is 21.7. The second-order valence-electron chi connectivity index (χ2n) is 10.8. The molecule has 0 spiro atoms. The lowest BCUT2D eigenvalue weighted by Crippen LogP contribution is -2.51. The van der Waals surface area contributed by atoms with Crippen LogP contribution in [0.3, 0.4) is 0 Å². The summed E-state index contributed by atoms with van der Waals surface area (Å²) >= 11 is 0. The maximum absolute atomic E-state index is 15.8. The van der Waals surface area contributed by atoms with Gasteiger partial charge in [-0.2, -0.15) is 0 Å². The summed E-state index contributed by atoms with van der Waals surface area (Å²) < 4.78 is 15.8. The Morgan fingerprint density at radius 3 is 2.53 bits per heavy atom. The van der Waals surface area contributed by atoms with Gasteiger partial charge in [0.25, 0.3) is 5.91 Å². The number of nitrogens with zero attached hydrogens (tertiary/aromatic N) is 3. The van der Waals surface area contributed by atoms with Gasteiger partial charge in [-0.05, 0) is 76.0 Å². The van der Waals surface area contributed by atoms with Crippen LogP contribution in [-0.4, -0.2) is 76.9 Å². The first-order valence-corrected chi connectivity index (χ1v) is 13.1. The van der Waals surface area contributed by atoms with Gasteiger partial charge in [-0.25, -0.2) is 4.39 Å². The predicted molar refractivity (Wildman–Crippen MR) is 139 cm³/mol. The molecule has 3 N–H and O–H groups in total. The number of aliphatic hydroxyl groups excluding tert-OH is 1. The van der Waals surface area contributed by atoms with E-state index in [2.05, 4.69) is 4.99 Å². The van der Waals surface area contributed by atoms with Crippen molar-refractivity contribution in [3.63, 3.8) is 0 Å². The highest BCUT2D eigenvalue weighted by molar-refractivity contribution is 6.09. The number of alkyl halides is 1. The molecule has 4 rings (SSSR count). The van der Waals surface area contributed by atoms with Crippen LogP contribution in [-0.2, 0) is 9.59 Å². The molecule has 2 amide bonds. The molecule has 1 saturated carbocycles. The number of carbonyl (C=O) groups is 2. The Morgan fingerprint density at radius 1 is 1.14 bits per heavy atom. The van der Waals surface area contributed by atoms with Crippen LogP contribution < -0.4 is 5.73 Å². The minimum absolute atomic E-state index is 0.0405. The molecule has 1 aliphatic carbocycles. The van der Waals surface area contributed by atoms with Gasteiger partial charge in [-0.15, -0.1) is 0 Å². The topological polar surface area (TPSA) is 99.2 Å². The summed E-state index contributed by atoms with van der Waals surface area (Å²) in [6.07, 6.45) is 3.47. The van der Waals surface area contributed by atoms with E-state index in [9.17, 15) is 14.7 Å². The molecule has 36 heavy (non-hydrogen) atoms. The first-order chi connectivity index (χ1) is 17.1. The number of nitrogens with two attached hydrogens (primary N) is 1. The monoisotopic (exact) mass is 498 g/mol. The Hall–Kier alpha value is -2.74. The molecular weight excluding hydrogens is 459 g/mol. The molecule has 2 aliphatic heterocycles. The van der Waals surface area contributed by atoms with Crippen molar-refractivity contribution in [3.8, 4) is 0 Å². The Kier molecular flexibility index (Phi) is 7.83. The lowest BCUT2D eigenvalue weighted by molar-refractivity contribution is -0.134. The number of halogens is 1. The molecular formula is C28H39FN4O3. The Balaban J connectivity index is 1.41. The molecule has 0 aromatic heterocycles. The quantitative estimate of drug-likeness (QED) is 0.623. The summed E-state index contributed by atoms with van der Waals surface area (Å²) in [4.78, 5) is 33.7. The van der Waals surface area contributed by atoms with Crippen LogP contribution in [0, 0.1) is 13.8 Å². The zero-order valence-corrected chi connectivity index (χ0v) is 21.7. The van der Waals surface area contributed by atoms with Crippen LogP contribution in [0.2, 0.25) is 0 Å². The molecule has 3 fully saturated rings. The molecule has 0 radical (unpaired) electrons. The Labute approximate surface area is 213 Å². The highest BCUT2D eigenvalue weighted by atomic mass is 19.1. The summed E-state index contributed by atoms with van der Waals surface area (Å²) in [6, 6.07) is 6.01. The van der Waals surface area contributed by atoms with Gasteiger partial charge in [-0.3, -0.25) is 14.6 Å². The third-order valence-corrected chi connectivity index (χ3v) is 8.19. The first-order valence-electron chi connectivity index (χ1n) is 13.1. The summed E-state index contributed by atoms with van der Waals surface area (Å²) in [5.41, 5.74) is 9.64. The van der Waals surface area contributed by atoms with Crippen molar-refractivity contribution in [1.29, 1.82) is 0 Å². The fourth-order valence-electron chi connectivity index (χ4n) is 5.82. The van der Waals surface area contributed by atoms with Crippen molar-refractivity contribution in [2.24, 2.45) is 10.7 Å². The van der Waals surface area contributed by atoms with Crippen molar-refractivity contribution in [2.75, 3.05) is 32.7 Å². The summed E-state index contributed by atoms with van der Waals surface area (Å²) in [5, 5.41) is 9.70. The van der Waals surface area contributed by atoms with E-state index in [4.69, 9.17) is 5.73 Å². The third-order valence-electron chi connectivity index (χ3n) is 8.19. The molecule has 1 aromatic carbocycles. The molecule has 0 bridgehead atoms. The number of rotatable bonds is 4. The zero-order chi connectivity index (χ0) is 26.0. The van der Waals surface area contributed by atoms with Crippen LogP contribution in [0.1, 0.15) is 68.1 Å². The fourth-order valence-corrected chi connectivity index (χ4v) is 5.82. The van der Waals surface area contributed by atoms with E-state index in [0.717, 1.165) is 28.7 Å². The third kappa shape index (κ3) is 5.48. The lowest BCUT2D eigenvalue weighted by atomic mass is 9.77. The van der Waals surface area contributed by atoms with Gasteiger partial charge in [0.2, 0.25) is 5.91 Å². The van der Waals surface area contributed by atoms with Gasteiger partial charge in [0.15, 0.2) is 0 Å². The van der Waals surface area contributed by atoms with E-state index in [1.165, 1.54) is 0 Å². The summed E-state index contributed by atoms with van der Waals surface area (Å²) in [7, 11) is 0. The highest BCUT2D eigenvalue weighted by Gasteiger charge is 2.42. The number of aryl methyl sites for hydroxylation is 1. The largest absolute Gasteiger partial charge is 0.394 e. The molecule has 7 nitrogen and oxygen atoms in total. The van der Waals surface area contributed by atoms with Crippen molar-refractivity contribution in [3.05, 3.63) is 46.2 Å². The molecule has 2 saturated heterocycles. The number of benzene rings is 1. The van der Waals surface area contributed by atoms with E-state index in [0.29, 0.717) is 57.5 Å². The number of likely N-dealkylation sites (tertiary alicyclic amines) is 2. The average Bonchev–Trinajstić information content (AvgIpc) is 3.32. The van der Waals surface area contributed by atoms with Gasteiger partial charge in [0, 0.05) is 36.8 Å². The van der Waals surface area contributed by atoms with Gasteiger partial charge in [-0.1, -0.05) is 18.2 Å². The van der Waals surface area contributed by atoms with Crippen molar-refractivity contribution in [2.45, 2.75) is 77.0 Å². The van der Waals surface area contributed by atoms with Gasteiger partial charge >= 0.3 is 0 Å². The lowest BCUT2D eigenvalue weighted by Gasteiger charge is -2.42. The minimum atomic E-state index is -1.53. The smallest absolute Gasteiger partial charge is 0.270 e. The van der Waals surface area contributed by atoms with Gasteiger partial charge in [0.1, 0.15) is 17.9 Å². The summed E-state index contributed by atoms with van der Waals surface area (Å²) in [6.45, 7) is 7.10. The van der Waals surface area contributed by atoms with Crippen LogP contribution in [0.15, 0.2) is 34.5 Å². The average molecular weight is 499 g/mol. The fraction of sp³-hybridized carbons (Fsp3) is 0.607. The number of aliphatic hydroxyl groups is 1. The number of piperidine rings is 2. The van der Waals surface area contributed by atoms with Crippen molar-refractivity contribution < 1.29 is 19.1 Å². The van der Waals surface area contributed by atoms with Crippen LogP contribution in [0.4, 0.5) is 4.39 Å². The molecule has 196 valence electrons. The molecule has 1 aromatic rings. The number of aliphatic imine (C=N–C) groups is 1. The first kappa shape index (κ1) is 26.3. The van der Waals surface area contributed by atoms with E-state index < -0.39 is 5.67 Å². The predicted octanol–water partition coefficient (Wildman–Crippen LogP) is 3.17. The number of carbonyl (C=O) groups excluding carboxylic acids is 2. The second-order valence-corrected chi connectivity index (χ2v) is 10.8. The van der Waals surface area contributed by atoms with Crippen LogP contribution in [0.5, 0.6) is 0 Å². The van der Waals surface area contributed by atoms with Crippen molar-refractivity contribution in [1.82, 2.24) is 9.80 Å². The maximum atomic E-state index is 15.8. The number of hydrogen-bond acceptors (Lipinski definition) is 5. The van der Waals surface area contributed by atoms with Gasteiger partial charge < -0.3 is 20.6 Å². The van der Waals surface area contributed by atoms with Crippen molar-refractivity contribution >= 4 is 17.5 Å². The molecule has 2 heterocycles. The molecule has 2 unspecified atom stereocenters. The van der Waals surface area contributed by atoms with Crippen LogP contribution in [0.25, 0.3) is 0 Å². The normalized spacial score (nSPS) is 28.0. The van der Waals surface area contributed by atoms with E-state index in [1.807, 2.05) is 32.0 Å². The number of amides is 2. The molecule has 3 aliphatic rings. The second kappa shape index (κ2) is 10.7. The van der Waals surface area contributed by atoms with E-state index >= 15 is 4.39 Å². The van der Waals surface area contributed by atoms with Gasteiger partial charge in [0.05, 0.1) is 12.6 Å². The molecule has 2 atom stereocenters. The SMILES string of the molecule is Cc1cccc(C2CCN(C(=O)CN=C3CCC/C3=C(/N)C(=O)N3CCC(O)CC3)CC2(C)F)c1C. The Morgan fingerprint density at radius 2 is 1.83 bits per heavy atom. The summed E-state index contributed by atoms with van der Waals surface area (Å²) in [5.74, 6) is -0.676. The maximum Gasteiger partial charge on any atom is 0.270 e. The Bertz CT molecular complexity index is 1070. The number of allylic oxidation sites excluding steroid dienone is 1. The number of hydrogen-bond donors (Lipinski definition) is 2. The van der Waals surface area contributed by atoms with E-state index in [1.54, 1.807) is 16.7 Å². The molecule has 8 heteroatoms.